The van der Waals surface area contributed by atoms with Gasteiger partial charge in [0.1, 0.15) is 12.1 Å². The molecule has 1 N–H and O–H groups in total. The molecule has 1 aliphatic heterocycles. The first-order chi connectivity index (χ1) is 13.5. The monoisotopic (exact) mass is 381 g/mol. The van der Waals surface area contributed by atoms with E-state index in [4.69, 9.17) is 0 Å². The van der Waals surface area contributed by atoms with Crippen LogP contribution in [0.15, 0.2) is 42.7 Å². The molecule has 8 nitrogen and oxygen atoms in total. The maximum Gasteiger partial charge on any atom is 0.327 e. The van der Waals surface area contributed by atoms with Crippen molar-refractivity contribution in [2.24, 2.45) is 0 Å². The van der Waals surface area contributed by atoms with Crippen LogP contribution >= 0.6 is 0 Å². The second kappa shape index (κ2) is 7.10. The lowest BCUT2D eigenvalue weighted by Crippen LogP contribution is -2.49. The fourth-order valence-corrected chi connectivity index (χ4v) is 4.19. The fraction of sp³-hybridized carbons (Fsp3) is 0.400. The Morgan fingerprint density at radius 1 is 1.14 bits per heavy atom. The highest BCUT2D eigenvalue weighted by atomic mass is 16.2. The second-order valence-corrected chi connectivity index (χ2v) is 7.34. The van der Waals surface area contributed by atoms with Gasteiger partial charge in [0.2, 0.25) is 5.91 Å². The van der Waals surface area contributed by atoms with Crippen LogP contribution in [0.25, 0.3) is 5.69 Å². The number of anilines is 1. The van der Waals surface area contributed by atoms with Crippen molar-refractivity contribution in [3.63, 3.8) is 0 Å². The van der Waals surface area contributed by atoms with E-state index in [1.165, 1.54) is 4.90 Å². The van der Waals surface area contributed by atoms with Crippen molar-refractivity contribution in [2.75, 3.05) is 18.9 Å². The number of imide groups is 1. The summed E-state index contributed by atoms with van der Waals surface area (Å²) in [6.45, 7) is -0.294. The summed E-state index contributed by atoms with van der Waals surface area (Å²) < 4.78 is 1.65. The highest BCUT2D eigenvalue weighted by Crippen LogP contribution is 2.39. The minimum Gasteiger partial charge on any atom is -0.323 e. The van der Waals surface area contributed by atoms with Gasteiger partial charge in [0, 0.05) is 19.4 Å². The fourth-order valence-electron chi connectivity index (χ4n) is 4.19. The number of likely N-dealkylation sites (N-methyl/N-ethyl adjacent to an activating group) is 1. The van der Waals surface area contributed by atoms with Crippen molar-refractivity contribution in [2.45, 2.75) is 37.6 Å². The first-order valence-corrected chi connectivity index (χ1v) is 9.51. The molecule has 1 aliphatic carbocycles. The van der Waals surface area contributed by atoms with E-state index in [-0.39, 0.29) is 12.5 Å². The number of hydrogen-bond acceptors (Lipinski definition) is 4. The minimum absolute atomic E-state index is 0.254. The molecule has 0 bridgehead atoms. The molecule has 28 heavy (non-hydrogen) atoms. The number of benzene rings is 1. The zero-order valence-electron chi connectivity index (χ0n) is 15.8. The number of hydrogen-bond donors (Lipinski definition) is 1. The van der Waals surface area contributed by atoms with Crippen molar-refractivity contribution >= 4 is 23.5 Å². The van der Waals surface area contributed by atoms with Gasteiger partial charge in [0.25, 0.3) is 5.91 Å². The molecular weight excluding hydrogens is 358 g/mol. The molecule has 2 fully saturated rings. The standard InChI is InChI=1S/C20H23N5O3/c1-23-19(28)24(18(27)20(23)10-5-2-6-11-20)14-17(26)22-15-8-3-4-9-16(15)25-13-7-12-21-25/h3-4,7-9,12-13H,2,5-6,10-11,14H2,1H3,(H,22,26). The van der Waals surface area contributed by atoms with E-state index in [0.717, 1.165) is 24.2 Å². The Kier molecular flexibility index (Phi) is 4.62. The molecule has 0 radical (unpaired) electrons. The van der Waals surface area contributed by atoms with Gasteiger partial charge in [-0.15, -0.1) is 0 Å². The van der Waals surface area contributed by atoms with Gasteiger partial charge < -0.3 is 10.2 Å². The highest BCUT2D eigenvalue weighted by Gasteiger charge is 2.55. The Bertz CT molecular complexity index is 902. The number of nitrogens with one attached hydrogen (secondary N) is 1. The van der Waals surface area contributed by atoms with Crippen molar-refractivity contribution < 1.29 is 14.4 Å². The summed E-state index contributed by atoms with van der Waals surface area (Å²) in [5.41, 5.74) is 0.500. The summed E-state index contributed by atoms with van der Waals surface area (Å²) >= 11 is 0. The van der Waals surface area contributed by atoms with Crippen LogP contribution in [-0.2, 0) is 9.59 Å². The molecule has 1 saturated carbocycles. The summed E-state index contributed by atoms with van der Waals surface area (Å²) in [5.74, 6) is -0.669. The van der Waals surface area contributed by atoms with E-state index in [0.29, 0.717) is 24.2 Å². The van der Waals surface area contributed by atoms with Crippen LogP contribution < -0.4 is 5.32 Å². The third-order valence-electron chi connectivity index (χ3n) is 5.71. The molecule has 1 aromatic carbocycles. The number of carbonyl (C=O) groups excluding carboxylic acids is 3. The second-order valence-electron chi connectivity index (χ2n) is 7.34. The predicted molar refractivity (Wildman–Crippen MR) is 103 cm³/mol. The van der Waals surface area contributed by atoms with Gasteiger partial charge in [-0.3, -0.25) is 14.5 Å². The number of rotatable bonds is 4. The number of urea groups is 1. The maximum absolute atomic E-state index is 13.0. The third kappa shape index (κ3) is 2.94. The normalized spacial score (nSPS) is 18.8. The number of carbonyl (C=O) groups is 3. The van der Waals surface area contributed by atoms with Gasteiger partial charge in [-0.05, 0) is 31.0 Å². The molecule has 1 saturated heterocycles. The molecule has 146 valence electrons. The minimum atomic E-state index is -0.775. The van der Waals surface area contributed by atoms with Crippen molar-refractivity contribution in [1.29, 1.82) is 0 Å². The van der Waals surface area contributed by atoms with E-state index in [1.807, 2.05) is 12.1 Å². The molecular formula is C20H23N5O3. The van der Waals surface area contributed by atoms with Gasteiger partial charge in [-0.2, -0.15) is 5.10 Å². The van der Waals surface area contributed by atoms with Gasteiger partial charge in [-0.1, -0.05) is 31.4 Å². The zero-order chi connectivity index (χ0) is 19.7. The maximum atomic E-state index is 13.0. The van der Waals surface area contributed by atoms with E-state index < -0.39 is 17.5 Å². The van der Waals surface area contributed by atoms with Crippen LogP contribution in [0.2, 0.25) is 0 Å². The Balaban J connectivity index is 1.51. The highest BCUT2D eigenvalue weighted by molar-refractivity contribution is 6.10. The SMILES string of the molecule is CN1C(=O)N(CC(=O)Nc2ccccc2-n2cccn2)C(=O)C12CCCCC2. The quantitative estimate of drug-likeness (QED) is 0.824. The Morgan fingerprint density at radius 2 is 1.89 bits per heavy atom. The van der Waals surface area contributed by atoms with Crippen LogP contribution in [0, 0.1) is 0 Å². The molecule has 2 aliphatic rings. The van der Waals surface area contributed by atoms with Gasteiger partial charge in [-0.25, -0.2) is 9.48 Å². The Labute approximate surface area is 163 Å². The van der Waals surface area contributed by atoms with Crippen molar-refractivity contribution in [3.05, 3.63) is 42.7 Å². The molecule has 8 heteroatoms. The smallest absolute Gasteiger partial charge is 0.323 e. The Morgan fingerprint density at radius 3 is 2.61 bits per heavy atom. The molecule has 2 aromatic rings. The molecule has 4 amide bonds. The first-order valence-electron chi connectivity index (χ1n) is 9.51. The average Bonchev–Trinajstić information content (AvgIpc) is 3.30. The molecule has 0 unspecified atom stereocenters. The van der Waals surface area contributed by atoms with Crippen LogP contribution in [0.1, 0.15) is 32.1 Å². The first kappa shape index (κ1) is 18.2. The van der Waals surface area contributed by atoms with E-state index in [2.05, 4.69) is 10.4 Å². The molecule has 1 aromatic heterocycles. The van der Waals surface area contributed by atoms with Crippen LogP contribution in [0.3, 0.4) is 0 Å². The van der Waals surface area contributed by atoms with Gasteiger partial charge >= 0.3 is 6.03 Å². The topological polar surface area (TPSA) is 87.5 Å². The summed E-state index contributed by atoms with van der Waals surface area (Å²) in [4.78, 5) is 40.9. The van der Waals surface area contributed by atoms with Gasteiger partial charge in [0.05, 0.1) is 11.4 Å². The largest absolute Gasteiger partial charge is 0.327 e. The number of amides is 4. The summed E-state index contributed by atoms with van der Waals surface area (Å²) in [7, 11) is 1.66. The third-order valence-corrected chi connectivity index (χ3v) is 5.71. The Hall–Kier alpha value is -3.16. The predicted octanol–water partition coefficient (Wildman–Crippen LogP) is 2.41. The molecule has 1 spiro atoms. The number of nitrogens with zero attached hydrogens (tertiary/aromatic N) is 4. The summed E-state index contributed by atoms with van der Waals surface area (Å²) in [5, 5.41) is 7.00. The lowest BCUT2D eigenvalue weighted by atomic mass is 9.81. The van der Waals surface area contributed by atoms with Crippen LogP contribution in [0.5, 0.6) is 0 Å². The van der Waals surface area contributed by atoms with Crippen molar-refractivity contribution in [3.8, 4) is 5.69 Å². The van der Waals surface area contributed by atoms with E-state index in [1.54, 1.807) is 42.3 Å². The van der Waals surface area contributed by atoms with Crippen LogP contribution in [-0.4, -0.2) is 56.6 Å². The average molecular weight is 381 g/mol. The number of aromatic nitrogens is 2. The molecule has 4 rings (SSSR count). The summed E-state index contributed by atoms with van der Waals surface area (Å²) in [6, 6.07) is 8.64. The number of para-hydroxylation sites is 2. The molecule has 0 atom stereocenters. The molecule has 2 heterocycles. The zero-order valence-corrected chi connectivity index (χ0v) is 15.8. The van der Waals surface area contributed by atoms with Crippen LogP contribution in [0.4, 0.5) is 10.5 Å². The lowest BCUT2D eigenvalue weighted by molar-refractivity contribution is -0.136. The van der Waals surface area contributed by atoms with Gasteiger partial charge in [0.15, 0.2) is 0 Å². The summed E-state index contributed by atoms with van der Waals surface area (Å²) in [6.07, 6.45) is 7.66. The van der Waals surface area contributed by atoms with Crippen molar-refractivity contribution in [1.82, 2.24) is 19.6 Å². The lowest BCUT2D eigenvalue weighted by Gasteiger charge is -2.35. The van der Waals surface area contributed by atoms with E-state index >= 15 is 0 Å². The van der Waals surface area contributed by atoms with E-state index in [9.17, 15) is 14.4 Å².